The first-order valence-electron chi connectivity index (χ1n) is 12.8. The summed E-state index contributed by atoms with van der Waals surface area (Å²) in [5.74, 6) is -2.22. The average molecular weight is 595 g/mol. The standard InChI is InChI=1S/C27H30O15/c1-39-13-4-8(2-3-9(13)29)12-5-10(30)15-20(34)16(26-23(37)18(32)11(31)7-40-26)21(35)17(25(15)41-12)27-24(38)22(36)19(33)14(6-28)42-27/h2-5,11,14,18-19,22-24,26-29,31-38H,6-7H2,1H3/t11-,14-,18+,19-,22+,23+,24-,26+,27+/m1/s1. The molecule has 0 unspecified atom stereocenters. The van der Waals surface area contributed by atoms with Crippen molar-refractivity contribution in [2.45, 2.75) is 54.9 Å². The van der Waals surface area contributed by atoms with E-state index in [1.54, 1.807) is 0 Å². The molecule has 2 aliphatic heterocycles. The van der Waals surface area contributed by atoms with Gasteiger partial charge in [0.1, 0.15) is 77.6 Å². The number of methoxy groups -OCH3 is 1. The molecule has 3 aromatic rings. The van der Waals surface area contributed by atoms with E-state index in [1.165, 1.54) is 25.3 Å². The lowest BCUT2D eigenvalue weighted by atomic mass is 9.85. The maximum Gasteiger partial charge on any atom is 0.197 e. The fraction of sp³-hybridized carbons (Fsp3) is 0.444. The van der Waals surface area contributed by atoms with Crippen LogP contribution in [0.5, 0.6) is 23.0 Å². The fourth-order valence-electron chi connectivity index (χ4n) is 5.31. The number of hydrogen-bond donors (Lipinski definition) is 10. The van der Waals surface area contributed by atoms with Crippen LogP contribution >= 0.6 is 0 Å². The Labute approximate surface area is 236 Å². The van der Waals surface area contributed by atoms with E-state index < -0.39 is 107 Å². The summed E-state index contributed by atoms with van der Waals surface area (Å²) in [7, 11) is 1.29. The van der Waals surface area contributed by atoms with Gasteiger partial charge in [-0.3, -0.25) is 4.79 Å². The van der Waals surface area contributed by atoms with Crippen molar-refractivity contribution in [1.29, 1.82) is 0 Å². The predicted molar refractivity (Wildman–Crippen MR) is 139 cm³/mol. The van der Waals surface area contributed by atoms with Crippen LogP contribution < -0.4 is 10.2 Å². The Morgan fingerprint density at radius 3 is 2.21 bits per heavy atom. The molecule has 2 aromatic carbocycles. The second-order valence-electron chi connectivity index (χ2n) is 10.1. The predicted octanol–water partition coefficient (Wildman–Crippen LogP) is -1.75. The number of fused-ring (bicyclic) bond motifs is 1. The van der Waals surface area contributed by atoms with Gasteiger partial charge in [0, 0.05) is 11.6 Å². The smallest absolute Gasteiger partial charge is 0.197 e. The van der Waals surface area contributed by atoms with Crippen LogP contribution in [0.1, 0.15) is 23.3 Å². The van der Waals surface area contributed by atoms with Gasteiger partial charge in [-0.05, 0) is 18.2 Å². The molecule has 10 N–H and O–H groups in total. The Bertz CT molecular complexity index is 1530. The van der Waals surface area contributed by atoms with Gasteiger partial charge in [-0.25, -0.2) is 0 Å². The molecular formula is C27H30O15. The van der Waals surface area contributed by atoms with Gasteiger partial charge in [0.15, 0.2) is 22.5 Å². The van der Waals surface area contributed by atoms with E-state index in [-0.39, 0.29) is 22.8 Å². The number of hydrogen-bond acceptors (Lipinski definition) is 15. The van der Waals surface area contributed by atoms with Crippen molar-refractivity contribution in [3.63, 3.8) is 0 Å². The molecule has 15 heteroatoms. The van der Waals surface area contributed by atoms with Crippen molar-refractivity contribution in [3.8, 4) is 34.3 Å². The summed E-state index contributed by atoms with van der Waals surface area (Å²) in [6.07, 6.45) is -15.9. The average Bonchev–Trinajstić information content (AvgIpc) is 2.96. The van der Waals surface area contributed by atoms with Gasteiger partial charge in [0.25, 0.3) is 0 Å². The summed E-state index contributed by atoms with van der Waals surface area (Å²) in [4.78, 5) is 13.5. The van der Waals surface area contributed by atoms with E-state index in [0.717, 1.165) is 6.07 Å². The van der Waals surface area contributed by atoms with Crippen molar-refractivity contribution < 1.29 is 69.7 Å². The molecule has 0 amide bonds. The number of aromatic hydroxyl groups is 3. The van der Waals surface area contributed by atoms with Crippen molar-refractivity contribution in [1.82, 2.24) is 0 Å². The normalized spacial score (nSPS) is 31.8. The van der Waals surface area contributed by atoms with Crippen molar-refractivity contribution in [2.75, 3.05) is 20.3 Å². The lowest BCUT2D eigenvalue weighted by Gasteiger charge is -2.41. The van der Waals surface area contributed by atoms with Crippen LogP contribution in [-0.2, 0) is 9.47 Å². The number of ether oxygens (including phenoxy) is 3. The van der Waals surface area contributed by atoms with E-state index in [2.05, 4.69) is 0 Å². The second-order valence-corrected chi connectivity index (χ2v) is 10.1. The van der Waals surface area contributed by atoms with Gasteiger partial charge < -0.3 is 69.7 Å². The zero-order valence-corrected chi connectivity index (χ0v) is 21.9. The van der Waals surface area contributed by atoms with Crippen LogP contribution in [0.25, 0.3) is 22.3 Å². The van der Waals surface area contributed by atoms with Gasteiger partial charge in [-0.2, -0.15) is 0 Å². The first kappa shape index (κ1) is 30.0. The molecule has 0 bridgehead atoms. The van der Waals surface area contributed by atoms with Gasteiger partial charge in [-0.15, -0.1) is 0 Å². The lowest BCUT2D eigenvalue weighted by molar-refractivity contribution is -0.231. The monoisotopic (exact) mass is 594 g/mol. The molecule has 2 aliphatic rings. The van der Waals surface area contributed by atoms with Crippen LogP contribution in [0, 0.1) is 0 Å². The highest BCUT2D eigenvalue weighted by molar-refractivity contribution is 5.92. The number of aliphatic hydroxyl groups is 7. The largest absolute Gasteiger partial charge is 0.507 e. The van der Waals surface area contributed by atoms with Crippen LogP contribution in [0.15, 0.2) is 33.5 Å². The van der Waals surface area contributed by atoms with E-state index in [4.69, 9.17) is 18.6 Å². The zero-order chi connectivity index (χ0) is 30.6. The minimum atomic E-state index is -1.98. The van der Waals surface area contributed by atoms with E-state index in [1.807, 2.05) is 0 Å². The summed E-state index contributed by atoms with van der Waals surface area (Å²) in [6, 6.07) is 4.95. The molecule has 0 saturated carbocycles. The first-order valence-corrected chi connectivity index (χ1v) is 12.8. The number of phenolic OH excluding ortho intramolecular Hbond substituents is 3. The van der Waals surface area contributed by atoms with Gasteiger partial charge in [-0.1, -0.05) is 0 Å². The summed E-state index contributed by atoms with van der Waals surface area (Å²) in [5, 5.41) is 104. The molecule has 0 spiro atoms. The van der Waals surface area contributed by atoms with E-state index in [0.29, 0.717) is 0 Å². The van der Waals surface area contributed by atoms with Crippen LogP contribution in [0.3, 0.4) is 0 Å². The van der Waals surface area contributed by atoms with Gasteiger partial charge in [0.05, 0.1) is 31.5 Å². The summed E-state index contributed by atoms with van der Waals surface area (Å²) in [5.41, 5.74) is -2.39. The maximum absolute atomic E-state index is 13.5. The molecule has 2 saturated heterocycles. The molecule has 9 atom stereocenters. The Kier molecular flexibility index (Phi) is 8.06. The van der Waals surface area contributed by atoms with Gasteiger partial charge in [0.2, 0.25) is 0 Å². The maximum atomic E-state index is 13.5. The molecule has 2 fully saturated rings. The minimum Gasteiger partial charge on any atom is -0.507 e. The molecule has 3 heterocycles. The molecule has 0 radical (unpaired) electrons. The Morgan fingerprint density at radius 1 is 0.857 bits per heavy atom. The quantitative estimate of drug-likeness (QED) is 0.157. The lowest BCUT2D eigenvalue weighted by Crippen LogP contribution is -2.55. The highest BCUT2D eigenvalue weighted by Crippen LogP contribution is 2.50. The van der Waals surface area contributed by atoms with Crippen LogP contribution in [0.2, 0.25) is 0 Å². The molecule has 15 nitrogen and oxygen atoms in total. The number of rotatable bonds is 5. The number of phenols is 3. The third-order valence-electron chi connectivity index (χ3n) is 7.62. The minimum absolute atomic E-state index is 0.0228. The summed E-state index contributed by atoms with van der Waals surface area (Å²) < 4.78 is 22.1. The molecule has 5 rings (SSSR count). The van der Waals surface area contributed by atoms with Crippen molar-refractivity contribution in [3.05, 3.63) is 45.6 Å². The second kappa shape index (κ2) is 11.3. The SMILES string of the molecule is COc1cc(-c2cc(=O)c3c(O)c([C@@H]4OC[C@@H](O)[C@H](O)[C@@H]4O)c(O)c([C@@H]4O[C@H](CO)[C@@H](O)[C@H](O)[C@H]4O)c3o2)ccc1O. The van der Waals surface area contributed by atoms with Gasteiger partial charge >= 0.3 is 0 Å². The third-order valence-corrected chi connectivity index (χ3v) is 7.62. The summed E-state index contributed by atoms with van der Waals surface area (Å²) >= 11 is 0. The number of benzene rings is 2. The molecule has 1 aromatic heterocycles. The topological polar surface area (TPSA) is 260 Å². The fourth-order valence-corrected chi connectivity index (χ4v) is 5.31. The highest BCUT2D eigenvalue weighted by Gasteiger charge is 2.48. The Morgan fingerprint density at radius 2 is 1.55 bits per heavy atom. The van der Waals surface area contributed by atoms with Crippen LogP contribution in [0.4, 0.5) is 0 Å². The van der Waals surface area contributed by atoms with E-state index in [9.17, 15) is 55.9 Å². The molecular weight excluding hydrogens is 564 g/mol. The molecule has 42 heavy (non-hydrogen) atoms. The third kappa shape index (κ3) is 4.74. The summed E-state index contributed by atoms with van der Waals surface area (Å²) in [6.45, 7) is -1.37. The Balaban J connectivity index is 1.82. The molecule has 228 valence electrons. The highest BCUT2D eigenvalue weighted by atomic mass is 16.5. The van der Waals surface area contributed by atoms with E-state index >= 15 is 0 Å². The first-order chi connectivity index (χ1) is 19.9. The molecule has 0 aliphatic carbocycles. The van der Waals surface area contributed by atoms with Crippen LogP contribution in [-0.4, -0.2) is 114 Å². The number of aliphatic hydroxyl groups excluding tert-OH is 7. The van der Waals surface area contributed by atoms with Crippen molar-refractivity contribution >= 4 is 11.0 Å². The zero-order valence-electron chi connectivity index (χ0n) is 21.9. The Hall–Kier alpha value is -3.51. The van der Waals surface area contributed by atoms with Crippen molar-refractivity contribution in [2.24, 2.45) is 0 Å².